The lowest BCUT2D eigenvalue weighted by Gasteiger charge is -2.04. The van der Waals surface area contributed by atoms with E-state index in [4.69, 9.17) is 0 Å². The Morgan fingerprint density at radius 2 is 1.94 bits per heavy atom. The number of halogens is 2. The molecule has 17 heavy (non-hydrogen) atoms. The van der Waals surface area contributed by atoms with E-state index in [9.17, 15) is 13.6 Å². The summed E-state index contributed by atoms with van der Waals surface area (Å²) in [5.74, 6) is -1.56. The molecule has 1 heterocycles. The largest absolute Gasteiger partial charge is 0.298 e. The molecule has 0 N–H and O–H groups in total. The number of benzene rings is 1. The molecule has 1 aromatic carbocycles. The second-order valence-corrected chi connectivity index (χ2v) is 4.11. The van der Waals surface area contributed by atoms with Crippen LogP contribution < -0.4 is 0 Å². The van der Waals surface area contributed by atoms with Crippen LogP contribution in [0.5, 0.6) is 0 Å². The smallest absolute Gasteiger partial charge is 0.150 e. The molecule has 86 valence electrons. The van der Waals surface area contributed by atoms with Gasteiger partial charge in [0.05, 0.1) is 4.90 Å². The normalized spacial score (nSPS) is 10.2. The van der Waals surface area contributed by atoms with Crippen LogP contribution in [0, 0.1) is 11.6 Å². The van der Waals surface area contributed by atoms with Crippen LogP contribution in [0.2, 0.25) is 0 Å². The number of hydrogen-bond acceptors (Lipinski definition) is 4. The third-order valence-electron chi connectivity index (χ3n) is 1.92. The molecule has 2 rings (SSSR count). The average molecular weight is 252 g/mol. The van der Waals surface area contributed by atoms with Crippen LogP contribution in [0.4, 0.5) is 8.78 Å². The summed E-state index contributed by atoms with van der Waals surface area (Å²) in [6, 6.07) is 3.51. The van der Waals surface area contributed by atoms with E-state index < -0.39 is 11.6 Å². The summed E-state index contributed by atoms with van der Waals surface area (Å²) in [6.45, 7) is 0. The molecular weight excluding hydrogens is 246 g/mol. The van der Waals surface area contributed by atoms with Gasteiger partial charge in [-0.25, -0.2) is 18.7 Å². The highest BCUT2D eigenvalue weighted by atomic mass is 32.2. The molecule has 0 bridgehead atoms. The number of rotatable bonds is 3. The number of hydrogen-bond donors (Lipinski definition) is 0. The van der Waals surface area contributed by atoms with E-state index in [1.807, 2.05) is 0 Å². The molecule has 0 fully saturated rings. The first-order valence-electron chi connectivity index (χ1n) is 4.59. The molecule has 0 amide bonds. The Labute approximate surface area is 99.9 Å². The Morgan fingerprint density at radius 3 is 2.47 bits per heavy atom. The van der Waals surface area contributed by atoms with Crippen LogP contribution >= 0.6 is 11.8 Å². The van der Waals surface area contributed by atoms with Crippen LogP contribution in [-0.4, -0.2) is 16.3 Å². The topological polar surface area (TPSA) is 42.9 Å². The molecule has 0 atom stereocenters. The fourth-order valence-electron chi connectivity index (χ4n) is 1.19. The monoisotopic (exact) mass is 252 g/mol. The lowest BCUT2D eigenvalue weighted by atomic mass is 10.2. The van der Waals surface area contributed by atoms with Crippen LogP contribution in [0.15, 0.2) is 40.6 Å². The van der Waals surface area contributed by atoms with Crippen molar-refractivity contribution in [1.82, 2.24) is 9.97 Å². The van der Waals surface area contributed by atoms with E-state index in [1.165, 1.54) is 18.6 Å². The Balaban J connectivity index is 2.37. The van der Waals surface area contributed by atoms with Gasteiger partial charge in [-0.05, 0) is 18.2 Å². The van der Waals surface area contributed by atoms with Crippen molar-refractivity contribution >= 4 is 18.0 Å². The number of aldehydes is 1. The highest BCUT2D eigenvalue weighted by Crippen LogP contribution is 2.30. The van der Waals surface area contributed by atoms with Gasteiger partial charge in [0.15, 0.2) is 0 Å². The molecule has 1 aromatic heterocycles. The molecule has 2 aromatic rings. The summed E-state index contributed by atoms with van der Waals surface area (Å²) < 4.78 is 27.0. The predicted octanol–water partition coefficient (Wildman–Crippen LogP) is 2.72. The molecule has 6 heteroatoms. The van der Waals surface area contributed by atoms with E-state index in [0.717, 1.165) is 23.9 Å². The highest BCUT2D eigenvalue weighted by Gasteiger charge is 2.13. The predicted molar refractivity (Wildman–Crippen MR) is 57.9 cm³/mol. The van der Waals surface area contributed by atoms with Crippen molar-refractivity contribution < 1.29 is 13.6 Å². The molecule has 0 unspecified atom stereocenters. The minimum atomic E-state index is -0.782. The first kappa shape index (κ1) is 11.7. The zero-order valence-electron chi connectivity index (χ0n) is 8.43. The third-order valence-corrected chi connectivity index (χ3v) is 2.96. The summed E-state index contributed by atoms with van der Waals surface area (Å²) in [5, 5.41) is 0.427. The second kappa shape index (κ2) is 5.01. The van der Waals surface area contributed by atoms with Gasteiger partial charge in [0, 0.05) is 11.8 Å². The van der Waals surface area contributed by atoms with Crippen molar-refractivity contribution in [2.24, 2.45) is 0 Å². The molecule has 0 aliphatic carbocycles. The van der Waals surface area contributed by atoms with Crippen molar-refractivity contribution in [3.8, 4) is 0 Å². The molecule has 3 nitrogen and oxygen atoms in total. The summed E-state index contributed by atoms with van der Waals surface area (Å²) in [6.07, 6.45) is 3.16. The van der Waals surface area contributed by atoms with Gasteiger partial charge in [-0.1, -0.05) is 11.8 Å². The summed E-state index contributed by atoms with van der Waals surface area (Å²) >= 11 is 0.843. The van der Waals surface area contributed by atoms with Crippen LogP contribution in [0.25, 0.3) is 0 Å². The SMILES string of the molecule is O=Cc1cc(F)c(Sc2ccncn2)c(F)c1. The summed E-state index contributed by atoms with van der Waals surface area (Å²) in [4.78, 5) is 17.8. The van der Waals surface area contributed by atoms with Gasteiger partial charge in [0.25, 0.3) is 0 Å². The standard InChI is InChI=1S/C11H6F2N2OS/c12-8-3-7(5-16)4-9(13)11(8)17-10-1-2-14-6-15-10/h1-6H. The van der Waals surface area contributed by atoms with Gasteiger partial charge in [-0.2, -0.15) is 0 Å². The quantitative estimate of drug-likeness (QED) is 0.622. The molecule has 0 spiro atoms. The van der Waals surface area contributed by atoms with Gasteiger partial charge in [0.1, 0.15) is 29.3 Å². The Kier molecular flexibility index (Phi) is 3.43. The lowest BCUT2D eigenvalue weighted by molar-refractivity contribution is 0.112. The average Bonchev–Trinajstić information content (AvgIpc) is 2.35. The highest BCUT2D eigenvalue weighted by molar-refractivity contribution is 7.99. The maximum absolute atomic E-state index is 13.5. The summed E-state index contributed by atoms with van der Waals surface area (Å²) in [5.41, 5.74) is -0.0352. The van der Waals surface area contributed by atoms with E-state index in [-0.39, 0.29) is 10.5 Å². The number of nitrogens with zero attached hydrogens (tertiary/aromatic N) is 2. The van der Waals surface area contributed by atoms with Crippen molar-refractivity contribution in [1.29, 1.82) is 0 Å². The van der Waals surface area contributed by atoms with Crippen LogP contribution in [0.3, 0.4) is 0 Å². The van der Waals surface area contributed by atoms with E-state index >= 15 is 0 Å². The maximum Gasteiger partial charge on any atom is 0.150 e. The molecular formula is C11H6F2N2OS. The van der Waals surface area contributed by atoms with Crippen molar-refractivity contribution in [2.75, 3.05) is 0 Å². The zero-order valence-corrected chi connectivity index (χ0v) is 9.25. The third kappa shape index (κ3) is 2.65. The second-order valence-electron chi connectivity index (χ2n) is 3.08. The van der Waals surface area contributed by atoms with Gasteiger partial charge >= 0.3 is 0 Å². The van der Waals surface area contributed by atoms with Gasteiger partial charge in [-0.15, -0.1) is 0 Å². The lowest BCUT2D eigenvalue weighted by Crippen LogP contribution is -1.92. The van der Waals surface area contributed by atoms with Crippen molar-refractivity contribution in [3.05, 3.63) is 47.9 Å². The molecule has 0 radical (unpaired) electrons. The van der Waals surface area contributed by atoms with Gasteiger partial charge < -0.3 is 0 Å². The minimum Gasteiger partial charge on any atom is -0.298 e. The van der Waals surface area contributed by atoms with Crippen molar-refractivity contribution in [2.45, 2.75) is 9.92 Å². The number of carbonyl (C=O) groups excluding carboxylic acids is 1. The van der Waals surface area contributed by atoms with E-state index in [2.05, 4.69) is 9.97 Å². The van der Waals surface area contributed by atoms with Gasteiger partial charge in [0.2, 0.25) is 0 Å². The number of carbonyl (C=O) groups is 1. The molecule has 0 aliphatic rings. The van der Waals surface area contributed by atoms with Crippen molar-refractivity contribution in [3.63, 3.8) is 0 Å². The van der Waals surface area contributed by atoms with Crippen LogP contribution in [0.1, 0.15) is 10.4 Å². The van der Waals surface area contributed by atoms with E-state index in [1.54, 1.807) is 0 Å². The Morgan fingerprint density at radius 1 is 1.24 bits per heavy atom. The van der Waals surface area contributed by atoms with Gasteiger partial charge in [-0.3, -0.25) is 4.79 Å². The molecule has 0 aliphatic heterocycles. The van der Waals surface area contributed by atoms with E-state index in [0.29, 0.717) is 11.3 Å². The molecule has 0 saturated carbocycles. The minimum absolute atomic E-state index is 0.0352. The Hall–Kier alpha value is -1.82. The first-order valence-corrected chi connectivity index (χ1v) is 5.40. The fourth-order valence-corrected chi connectivity index (χ4v) is 1.94. The maximum atomic E-state index is 13.5. The Bertz CT molecular complexity index is 525. The zero-order chi connectivity index (χ0) is 12.3. The first-order chi connectivity index (χ1) is 8.20. The fraction of sp³-hybridized carbons (Fsp3) is 0. The summed E-state index contributed by atoms with van der Waals surface area (Å²) in [7, 11) is 0. The van der Waals surface area contributed by atoms with Crippen LogP contribution in [-0.2, 0) is 0 Å². The number of aromatic nitrogens is 2. The molecule has 0 saturated heterocycles.